The normalized spacial score (nSPS) is 12.3. The second-order valence-electron chi connectivity index (χ2n) is 4.88. The number of thiophene rings is 1. The maximum atomic E-state index is 12.0. The molecule has 1 aromatic rings. The lowest BCUT2D eigenvalue weighted by Crippen LogP contribution is -2.32. The van der Waals surface area contributed by atoms with Crippen LogP contribution >= 0.6 is 11.3 Å². The Morgan fingerprint density at radius 1 is 1.50 bits per heavy atom. The van der Waals surface area contributed by atoms with E-state index in [1.807, 2.05) is 45.2 Å². The van der Waals surface area contributed by atoms with Crippen LogP contribution in [0.25, 0.3) is 0 Å². The van der Waals surface area contributed by atoms with Crippen molar-refractivity contribution in [3.8, 4) is 0 Å². The highest BCUT2D eigenvalue weighted by atomic mass is 32.1. The molecule has 0 saturated heterocycles. The summed E-state index contributed by atoms with van der Waals surface area (Å²) >= 11 is 1.47. The van der Waals surface area contributed by atoms with Gasteiger partial charge in [-0.05, 0) is 38.6 Å². The molecular weight excluding hydrogens is 248 g/mol. The fourth-order valence-electron chi connectivity index (χ4n) is 1.12. The highest BCUT2D eigenvalue weighted by Gasteiger charge is 2.18. The van der Waals surface area contributed by atoms with E-state index in [1.54, 1.807) is 0 Å². The third kappa shape index (κ3) is 4.87. The zero-order valence-electron chi connectivity index (χ0n) is 11.3. The van der Waals surface area contributed by atoms with Gasteiger partial charge < -0.3 is 10.2 Å². The Morgan fingerprint density at radius 2 is 2.22 bits per heavy atom. The Hall–Kier alpha value is -1.36. The lowest BCUT2D eigenvalue weighted by molar-refractivity contribution is -0.115. The number of carbonyl (C=O) groups excluding carboxylic acids is 1. The van der Waals surface area contributed by atoms with E-state index in [2.05, 4.69) is 10.5 Å². The molecule has 5 heteroatoms. The lowest BCUT2D eigenvalue weighted by Gasteiger charge is -2.16. The van der Waals surface area contributed by atoms with Gasteiger partial charge in [-0.2, -0.15) is 0 Å². The zero-order valence-corrected chi connectivity index (χ0v) is 12.1. The molecule has 0 spiro atoms. The second kappa shape index (κ2) is 6.54. The van der Waals surface area contributed by atoms with E-state index in [-0.39, 0.29) is 5.91 Å². The number of oxime groups is 1. The summed E-state index contributed by atoms with van der Waals surface area (Å²) in [4.78, 5) is 18.2. The molecule has 1 amide bonds. The molecule has 0 bridgehead atoms. The minimum Gasteiger partial charge on any atom is -0.389 e. The van der Waals surface area contributed by atoms with Crippen molar-refractivity contribution in [2.45, 2.75) is 39.7 Å². The first kappa shape index (κ1) is 14.7. The van der Waals surface area contributed by atoms with Crippen LogP contribution in [0.3, 0.4) is 0 Å². The number of carbonyl (C=O) groups is 1. The van der Waals surface area contributed by atoms with Crippen molar-refractivity contribution in [1.82, 2.24) is 5.32 Å². The van der Waals surface area contributed by atoms with Crippen LogP contribution in [0.15, 0.2) is 22.7 Å². The summed E-state index contributed by atoms with van der Waals surface area (Å²) in [5.74, 6) is -0.191. The number of hydrogen-bond acceptors (Lipinski definition) is 4. The van der Waals surface area contributed by atoms with Crippen LogP contribution in [0.2, 0.25) is 0 Å². The number of rotatable bonds is 5. The van der Waals surface area contributed by atoms with Gasteiger partial charge in [-0.3, -0.25) is 4.79 Å². The standard InChI is InChI=1S/C13H20N2O2S/c1-5-8-14-12(16)11(10-7-6-9-18-10)15-17-13(2,3)4/h6-7,9H,5,8H2,1-4H3,(H,14,16)/b15-11+. The minimum atomic E-state index is -0.409. The lowest BCUT2D eigenvalue weighted by atomic mass is 10.2. The van der Waals surface area contributed by atoms with Gasteiger partial charge in [-0.15, -0.1) is 11.3 Å². The summed E-state index contributed by atoms with van der Waals surface area (Å²) in [5, 5.41) is 8.73. The molecular formula is C13H20N2O2S. The summed E-state index contributed by atoms with van der Waals surface area (Å²) in [6, 6.07) is 3.75. The smallest absolute Gasteiger partial charge is 0.274 e. The van der Waals surface area contributed by atoms with Crippen LogP contribution in [0.1, 0.15) is 39.0 Å². The average molecular weight is 268 g/mol. The predicted octanol–water partition coefficient (Wildman–Crippen LogP) is 2.79. The molecule has 0 atom stereocenters. The van der Waals surface area contributed by atoms with Crippen LogP contribution in [0.5, 0.6) is 0 Å². The predicted molar refractivity (Wildman–Crippen MR) is 75.0 cm³/mol. The fraction of sp³-hybridized carbons (Fsp3) is 0.538. The Morgan fingerprint density at radius 3 is 2.72 bits per heavy atom. The van der Waals surface area contributed by atoms with Gasteiger partial charge in [0.25, 0.3) is 5.91 Å². The van der Waals surface area contributed by atoms with Gasteiger partial charge in [0, 0.05) is 6.54 Å². The number of hydrogen-bond donors (Lipinski definition) is 1. The monoisotopic (exact) mass is 268 g/mol. The van der Waals surface area contributed by atoms with Gasteiger partial charge in [0.05, 0.1) is 4.88 Å². The minimum absolute atomic E-state index is 0.191. The molecule has 0 fully saturated rings. The van der Waals surface area contributed by atoms with Gasteiger partial charge in [-0.1, -0.05) is 18.1 Å². The number of nitrogens with zero attached hydrogens (tertiary/aromatic N) is 1. The highest BCUT2D eigenvalue weighted by molar-refractivity contribution is 7.13. The first-order valence-electron chi connectivity index (χ1n) is 6.02. The molecule has 0 aromatic carbocycles. The Balaban J connectivity index is 2.86. The quantitative estimate of drug-likeness (QED) is 0.659. The maximum absolute atomic E-state index is 12.0. The molecule has 0 aliphatic heterocycles. The van der Waals surface area contributed by atoms with Gasteiger partial charge >= 0.3 is 0 Å². The topological polar surface area (TPSA) is 50.7 Å². The van der Waals surface area contributed by atoms with E-state index in [1.165, 1.54) is 11.3 Å². The van der Waals surface area contributed by atoms with Crippen molar-refractivity contribution in [3.05, 3.63) is 22.4 Å². The van der Waals surface area contributed by atoms with Crippen molar-refractivity contribution in [2.24, 2.45) is 5.16 Å². The van der Waals surface area contributed by atoms with E-state index in [9.17, 15) is 4.79 Å². The van der Waals surface area contributed by atoms with E-state index < -0.39 is 5.60 Å². The van der Waals surface area contributed by atoms with Crippen LogP contribution in [0, 0.1) is 0 Å². The summed E-state index contributed by atoms with van der Waals surface area (Å²) in [6.45, 7) is 8.33. The van der Waals surface area contributed by atoms with Crippen molar-refractivity contribution in [1.29, 1.82) is 0 Å². The summed E-state index contributed by atoms with van der Waals surface area (Å²) < 4.78 is 0. The van der Waals surface area contributed by atoms with E-state index in [0.29, 0.717) is 12.3 Å². The Kier molecular flexibility index (Phi) is 5.34. The van der Waals surface area contributed by atoms with Gasteiger partial charge in [0.15, 0.2) is 5.71 Å². The third-order valence-corrected chi connectivity index (χ3v) is 2.79. The van der Waals surface area contributed by atoms with Crippen LogP contribution in [0.4, 0.5) is 0 Å². The molecule has 1 heterocycles. The molecule has 1 aromatic heterocycles. The highest BCUT2D eigenvalue weighted by Crippen LogP contribution is 2.13. The van der Waals surface area contributed by atoms with Gasteiger partial charge in [0.2, 0.25) is 0 Å². The SMILES string of the molecule is CCCNC(=O)/C(=N/OC(C)(C)C)c1cccs1. The van der Waals surface area contributed by atoms with Crippen LogP contribution < -0.4 is 5.32 Å². The van der Waals surface area contributed by atoms with Gasteiger partial charge in [0.1, 0.15) is 5.60 Å². The van der Waals surface area contributed by atoms with Crippen molar-refractivity contribution in [3.63, 3.8) is 0 Å². The molecule has 0 unspecified atom stereocenters. The molecule has 0 aliphatic carbocycles. The van der Waals surface area contributed by atoms with Crippen LogP contribution in [-0.4, -0.2) is 23.8 Å². The molecule has 0 aliphatic rings. The van der Waals surface area contributed by atoms with Crippen LogP contribution in [-0.2, 0) is 9.63 Å². The zero-order chi connectivity index (χ0) is 13.6. The third-order valence-electron chi connectivity index (χ3n) is 1.92. The van der Waals surface area contributed by atoms with E-state index in [4.69, 9.17) is 4.84 Å². The van der Waals surface area contributed by atoms with E-state index in [0.717, 1.165) is 11.3 Å². The van der Waals surface area contributed by atoms with Crippen molar-refractivity contribution in [2.75, 3.05) is 6.54 Å². The number of amides is 1. The molecule has 1 N–H and O–H groups in total. The van der Waals surface area contributed by atoms with Gasteiger partial charge in [-0.25, -0.2) is 0 Å². The molecule has 4 nitrogen and oxygen atoms in total. The summed E-state index contributed by atoms with van der Waals surface area (Å²) in [6.07, 6.45) is 0.892. The average Bonchev–Trinajstić information content (AvgIpc) is 2.78. The molecule has 0 saturated carbocycles. The first-order valence-corrected chi connectivity index (χ1v) is 6.90. The Bertz CT molecular complexity index is 405. The fourth-order valence-corrected chi connectivity index (χ4v) is 1.82. The molecule has 18 heavy (non-hydrogen) atoms. The second-order valence-corrected chi connectivity index (χ2v) is 5.82. The first-order chi connectivity index (χ1) is 8.44. The summed E-state index contributed by atoms with van der Waals surface area (Å²) in [5.41, 5.74) is -0.0681. The number of nitrogens with one attached hydrogen (secondary N) is 1. The van der Waals surface area contributed by atoms with Crippen molar-refractivity contribution >= 4 is 23.0 Å². The largest absolute Gasteiger partial charge is 0.389 e. The molecule has 100 valence electrons. The summed E-state index contributed by atoms with van der Waals surface area (Å²) in [7, 11) is 0. The van der Waals surface area contributed by atoms with E-state index >= 15 is 0 Å². The Labute approximate surface area is 112 Å². The van der Waals surface area contributed by atoms with Crippen molar-refractivity contribution < 1.29 is 9.63 Å². The maximum Gasteiger partial charge on any atom is 0.274 e. The molecule has 1 rings (SSSR count). The molecule has 0 radical (unpaired) electrons.